The van der Waals surface area contributed by atoms with Gasteiger partial charge in [-0.25, -0.2) is 9.67 Å². The van der Waals surface area contributed by atoms with Crippen LogP contribution in [0.4, 0.5) is 5.69 Å². The van der Waals surface area contributed by atoms with Gasteiger partial charge < -0.3 is 14.8 Å². The molecule has 0 radical (unpaired) electrons. The molecule has 2 aromatic heterocycles. The Morgan fingerprint density at radius 3 is 2.79 bits per heavy atom. The fraction of sp³-hybridized carbons (Fsp3) is 0.158. The number of carbonyl (C=O) groups excluding carboxylic acids is 1. The molecule has 0 atom stereocenters. The Bertz CT molecular complexity index is 1020. The number of amides is 1. The molecule has 8 nitrogen and oxygen atoms in total. The van der Waals surface area contributed by atoms with Crippen molar-refractivity contribution in [1.82, 2.24) is 14.8 Å². The van der Waals surface area contributed by atoms with Crippen molar-refractivity contribution in [2.75, 3.05) is 19.0 Å². The summed E-state index contributed by atoms with van der Waals surface area (Å²) in [5.74, 6) is 0.581. The maximum absolute atomic E-state index is 12.4. The second-order valence-electron chi connectivity index (χ2n) is 5.67. The van der Waals surface area contributed by atoms with E-state index in [1.807, 2.05) is 24.3 Å². The molecule has 1 N–H and O–H groups in total. The summed E-state index contributed by atoms with van der Waals surface area (Å²) in [5.41, 5.74) is 0.289. The first-order valence-electron chi connectivity index (χ1n) is 8.33. The molecule has 9 heteroatoms. The van der Waals surface area contributed by atoms with Gasteiger partial charge in [-0.15, -0.1) is 0 Å². The van der Waals surface area contributed by atoms with Crippen molar-refractivity contribution in [2.24, 2.45) is 0 Å². The highest BCUT2D eigenvalue weighted by Gasteiger charge is 2.11. The topological polar surface area (TPSA) is 95.3 Å². The first-order chi connectivity index (χ1) is 13.5. The Kier molecular flexibility index (Phi) is 6.51. The Hall–Kier alpha value is -3.04. The van der Waals surface area contributed by atoms with E-state index in [2.05, 4.69) is 31.3 Å². The quantitative estimate of drug-likeness (QED) is 0.601. The maximum Gasteiger partial charge on any atom is 0.276 e. The smallest absolute Gasteiger partial charge is 0.276 e. The molecule has 1 amide bonds. The molecule has 144 valence electrons. The zero-order valence-corrected chi connectivity index (χ0v) is 16.5. The standard InChI is InChI=1S/C19H17BrN4O4/c1-27-10-9-24-18(25)8-6-16(23-24)19(26)22-14-5-7-17(21-12-14)28-15-4-2-3-13(20)11-15/h2-8,11-12H,9-10H2,1H3,(H,22,26). The second-order valence-corrected chi connectivity index (χ2v) is 6.59. The zero-order chi connectivity index (χ0) is 19.9. The van der Waals surface area contributed by atoms with Crippen LogP contribution in [-0.4, -0.2) is 34.4 Å². The molecular weight excluding hydrogens is 428 g/mol. The second kappa shape index (κ2) is 9.25. The van der Waals surface area contributed by atoms with E-state index in [0.717, 1.165) is 4.47 Å². The molecule has 2 heterocycles. The van der Waals surface area contributed by atoms with Gasteiger partial charge in [-0.1, -0.05) is 22.0 Å². The monoisotopic (exact) mass is 444 g/mol. The van der Waals surface area contributed by atoms with Crippen LogP contribution in [-0.2, 0) is 11.3 Å². The average molecular weight is 445 g/mol. The fourth-order valence-electron chi connectivity index (χ4n) is 2.27. The van der Waals surface area contributed by atoms with E-state index >= 15 is 0 Å². The molecule has 0 aliphatic heterocycles. The number of halogens is 1. The van der Waals surface area contributed by atoms with Crippen LogP contribution < -0.4 is 15.6 Å². The van der Waals surface area contributed by atoms with E-state index in [0.29, 0.717) is 23.9 Å². The summed E-state index contributed by atoms with van der Waals surface area (Å²) in [7, 11) is 1.53. The van der Waals surface area contributed by atoms with Crippen molar-refractivity contribution in [2.45, 2.75) is 6.54 Å². The number of hydrogen-bond donors (Lipinski definition) is 1. The van der Waals surface area contributed by atoms with Crippen LogP contribution in [0.1, 0.15) is 10.5 Å². The number of rotatable bonds is 7. The first kappa shape index (κ1) is 19.7. The van der Waals surface area contributed by atoms with Crippen molar-refractivity contribution in [3.63, 3.8) is 0 Å². The molecule has 0 saturated heterocycles. The predicted molar refractivity (Wildman–Crippen MR) is 107 cm³/mol. The van der Waals surface area contributed by atoms with E-state index in [4.69, 9.17) is 9.47 Å². The molecule has 0 fully saturated rings. The summed E-state index contributed by atoms with van der Waals surface area (Å²) in [6.07, 6.45) is 1.48. The predicted octanol–water partition coefficient (Wildman–Crippen LogP) is 3.09. The molecular formula is C19H17BrN4O4. The SMILES string of the molecule is COCCn1nc(C(=O)Nc2ccc(Oc3cccc(Br)c3)nc2)ccc1=O. The van der Waals surface area contributed by atoms with E-state index < -0.39 is 5.91 Å². The number of pyridine rings is 1. The van der Waals surface area contributed by atoms with Gasteiger partial charge in [0.05, 0.1) is 25.0 Å². The first-order valence-corrected chi connectivity index (χ1v) is 9.12. The van der Waals surface area contributed by atoms with Gasteiger partial charge in [0.25, 0.3) is 11.5 Å². The minimum Gasteiger partial charge on any atom is -0.439 e. The highest BCUT2D eigenvalue weighted by atomic mass is 79.9. The lowest BCUT2D eigenvalue weighted by atomic mass is 10.3. The van der Waals surface area contributed by atoms with Gasteiger partial charge in [-0.05, 0) is 30.3 Å². The van der Waals surface area contributed by atoms with Gasteiger partial charge in [0.15, 0.2) is 0 Å². The molecule has 0 saturated carbocycles. The summed E-state index contributed by atoms with van der Waals surface area (Å²) in [6.45, 7) is 0.584. The summed E-state index contributed by atoms with van der Waals surface area (Å²) in [6, 6.07) is 13.4. The largest absolute Gasteiger partial charge is 0.439 e. The summed E-state index contributed by atoms with van der Waals surface area (Å²) < 4.78 is 12.7. The van der Waals surface area contributed by atoms with E-state index in [1.165, 1.54) is 30.1 Å². The van der Waals surface area contributed by atoms with Crippen LogP contribution in [0.2, 0.25) is 0 Å². The van der Waals surface area contributed by atoms with E-state index in [9.17, 15) is 9.59 Å². The lowest BCUT2D eigenvalue weighted by Crippen LogP contribution is -2.27. The summed E-state index contributed by atoms with van der Waals surface area (Å²) >= 11 is 3.38. The minimum atomic E-state index is -0.450. The lowest BCUT2D eigenvalue weighted by Gasteiger charge is -2.08. The third-order valence-corrected chi connectivity index (χ3v) is 4.11. The van der Waals surface area contributed by atoms with Crippen molar-refractivity contribution >= 4 is 27.5 Å². The highest BCUT2D eigenvalue weighted by molar-refractivity contribution is 9.10. The van der Waals surface area contributed by atoms with Crippen molar-refractivity contribution in [3.8, 4) is 11.6 Å². The molecule has 0 unspecified atom stereocenters. The van der Waals surface area contributed by atoms with Gasteiger partial charge in [0, 0.05) is 23.7 Å². The molecule has 3 rings (SSSR count). The van der Waals surface area contributed by atoms with Gasteiger partial charge in [0.2, 0.25) is 5.88 Å². The number of benzene rings is 1. The number of carbonyl (C=O) groups is 1. The van der Waals surface area contributed by atoms with Crippen LogP contribution in [0, 0.1) is 0 Å². The Labute approximate surface area is 169 Å². The number of ether oxygens (including phenoxy) is 2. The van der Waals surface area contributed by atoms with Gasteiger partial charge in [-0.3, -0.25) is 9.59 Å². The van der Waals surface area contributed by atoms with Gasteiger partial charge in [-0.2, -0.15) is 5.10 Å². The van der Waals surface area contributed by atoms with Gasteiger partial charge in [0.1, 0.15) is 11.4 Å². The molecule has 1 aromatic carbocycles. The average Bonchev–Trinajstić information content (AvgIpc) is 2.69. The van der Waals surface area contributed by atoms with E-state index in [-0.39, 0.29) is 17.8 Å². The molecule has 0 spiro atoms. The van der Waals surface area contributed by atoms with Crippen molar-refractivity contribution in [1.29, 1.82) is 0 Å². The zero-order valence-electron chi connectivity index (χ0n) is 15.0. The lowest BCUT2D eigenvalue weighted by molar-refractivity contribution is 0.101. The third-order valence-electron chi connectivity index (χ3n) is 3.62. The van der Waals surface area contributed by atoms with Gasteiger partial charge >= 0.3 is 0 Å². The number of nitrogens with one attached hydrogen (secondary N) is 1. The Morgan fingerprint density at radius 1 is 1.21 bits per heavy atom. The molecule has 0 aliphatic carbocycles. The Balaban J connectivity index is 1.66. The molecule has 28 heavy (non-hydrogen) atoms. The third kappa shape index (κ3) is 5.24. The van der Waals surface area contributed by atoms with Crippen LogP contribution >= 0.6 is 15.9 Å². The van der Waals surface area contributed by atoms with Crippen LogP contribution in [0.5, 0.6) is 11.6 Å². The normalized spacial score (nSPS) is 10.5. The molecule has 3 aromatic rings. The number of anilines is 1. The fourth-order valence-corrected chi connectivity index (χ4v) is 2.65. The van der Waals surface area contributed by atoms with Crippen LogP contribution in [0.15, 0.2) is 64.0 Å². The van der Waals surface area contributed by atoms with Crippen LogP contribution in [0.25, 0.3) is 0 Å². The number of hydrogen-bond acceptors (Lipinski definition) is 6. The van der Waals surface area contributed by atoms with E-state index in [1.54, 1.807) is 12.1 Å². The number of aromatic nitrogens is 3. The molecule has 0 bridgehead atoms. The van der Waals surface area contributed by atoms with Crippen molar-refractivity contribution in [3.05, 3.63) is 75.2 Å². The highest BCUT2D eigenvalue weighted by Crippen LogP contribution is 2.23. The van der Waals surface area contributed by atoms with Crippen molar-refractivity contribution < 1.29 is 14.3 Å². The maximum atomic E-state index is 12.4. The Morgan fingerprint density at radius 2 is 2.07 bits per heavy atom. The minimum absolute atomic E-state index is 0.116. The van der Waals surface area contributed by atoms with Crippen LogP contribution in [0.3, 0.4) is 0 Å². The molecule has 0 aliphatic rings. The summed E-state index contributed by atoms with van der Waals surface area (Å²) in [4.78, 5) is 28.3. The number of methoxy groups -OCH3 is 1. The summed E-state index contributed by atoms with van der Waals surface area (Å²) in [5, 5.41) is 6.74. The number of nitrogens with zero attached hydrogens (tertiary/aromatic N) is 3.